The Kier molecular flexibility index (Phi) is 10.7. The maximum atomic E-state index is 14.1. The summed E-state index contributed by atoms with van der Waals surface area (Å²) in [4.78, 5) is 28.9. The highest BCUT2D eigenvalue weighted by Crippen LogP contribution is 2.27. The molecule has 0 radical (unpaired) electrons. The van der Waals surface area contributed by atoms with Crippen molar-refractivity contribution in [1.29, 1.82) is 0 Å². The SMILES string of the molecule is CCOc1ccc(N(CC(=O)N(Cc2ccc(C)cc2)[C@H](C)C(=O)NC2CCCC2)S(=O)(=O)c2ccc(Br)cc2)cc1. The minimum atomic E-state index is -4.14. The van der Waals surface area contributed by atoms with Gasteiger partial charge in [-0.3, -0.25) is 13.9 Å². The highest BCUT2D eigenvalue weighted by Gasteiger charge is 2.33. The molecular formula is C32H38BrN3O5S. The summed E-state index contributed by atoms with van der Waals surface area (Å²) >= 11 is 3.35. The summed E-state index contributed by atoms with van der Waals surface area (Å²) < 4.78 is 35.3. The maximum Gasteiger partial charge on any atom is 0.264 e. The van der Waals surface area contributed by atoms with Gasteiger partial charge in [0.1, 0.15) is 18.3 Å². The number of benzene rings is 3. The molecule has 0 aliphatic heterocycles. The van der Waals surface area contributed by atoms with Crippen LogP contribution >= 0.6 is 15.9 Å². The van der Waals surface area contributed by atoms with E-state index in [0.717, 1.165) is 45.6 Å². The molecule has 8 nitrogen and oxygen atoms in total. The number of nitrogens with zero attached hydrogens (tertiary/aromatic N) is 2. The zero-order valence-electron chi connectivity index (χ0n) is 24.3. The van der Waals surface area contributed by atoms with E-state index in [4.69, 9.17) is 4.74 Å². The lowest BCUT2D eigenvalue weighted by Gasteiger charge is -2.32. The zero-order chi connectivity index (χ0) is 30.3. The molecule has 3 aromatic carbocycles. The number of carbonyl (C=O) groups is 2. The van der Waals surface area contributed by atoms with Crippen LogP contribution in [-0.4, -0.2) is 50.4 Å². The first-order chi connectivity index (χ1) is 20.1. The number of aryl methyl sites for hydroxylation is 1. The molecule has 0 aromatic heterocycles. The molecule has 0 spiro atoms. The van der Waals surface area contributed by atoms with Crippen molar-refractivity contribution in [1.82, 2.24) is 10.2 Å². The minimum Gasteiger partial charge on any atom is -0.494 e. The van der Waals surface area contributed by atoms with E-state index in [9.17, 15) is 18.0 Å². The zero-order valence-corrected chi connectivity index (χ0v) is 26.7. The van der Waals surface area contributed by atoms with Crippen LogP contribution in [0.4, 0.5) is 5.69 Å². The van der Waals surface area contributed by atoms with E-state index in [-0.39, 0.29) is 23.4 Å². The summed E-state index contributed by atoms with van der Waals surface area (Å²) in [6, 6.07) is 19.9. The van der Waals surface area contributed by atoms with Crippen LogP contribution in [0, 0.1) is 6.92 Å². The van der Waals surface area contributed by atoms with E-state index < -0.39 is 28.5 Å². The number of sulfonamides is 1. The number of hydrogen-bond acceptors (Lipinski definition) is 5. The minimum absolute atomic E-state index is 0.0458. The smallest absolute Gasteiger partial charge is 0.264 e. The monoisotopic (exact) mass is 655 g/mol. The van der Waals surface area contributed by atoms with Gasteiger partial charge >= 0.3 is 0 Å². The molecule has 2 amide bonds. The van der Waals surface area contributed by atoms with Crippen LogP contribution in [-0.2, 0) is 26.2 Å². The van der Waals surface area contributed by atoms with Crippen molar-refractivity contribution >= 4 is 43.5 Å². The number of hydrogen-bond donors (Lipinski definition) is 1. The topological polar surface area (TPSA) is 96.0 Å². The molecule has 1 saturated carbocycles. The standard InChI is InChI=1S/C32H38BrN3O5S/c1-4-41-29-17-15-28(16-18-29)36(42(39,40)30-19-13-26(33)14-20-30)22-31(37)35(21-25-11-9-23(2)10-12-25)24(3)32(38)34-27-7-5-6-8-27/h9-20,24,27H,4-8,21-22H2,1-3H3,(H,34,38)/t24-/m1/s1. The third-order valence-corrected chi connectivity index (χ3v) is 9.78. The molecule has 4 rings (SSSR count). The Morgan fingerprint density at radius 3 is 2.19 bits per heavy atom. The van der Waals surface area contributed by atoms with Gasteiger partial charge in [-0.15, -0.1) is 0 Å². The average molecular weight is 657 g/mol. The number of nitrogens with one attached hydrogen (secondary N) is 1. The number of carbonyl (C=O) groups excluding carboxylic acids is 2. The lowest BCUT2D eigenvalue weighted by Crippen LogP contribution is -2.52. The van der Waals surface area contributed by atoms with Gasteiger partial charge in [0.15, 0.2) is 0 Å². The van der Waals surface area contributed by atoms with Crippen molar-refractivity contribution in [3.05, 3.63) is 88.4 Å². The molecule has 0 saturated heterocycles. The van der Waals surface area contributed by atoms with Crippen molar-refractivity contribution in [3.63, 3.8) is 0 Å². The van der Waals surface area contributed by atoms with E-state index >= 15 is 0 Å². The molecule has 1 aliphatic rings. The lowest BCUT2D eigenvalue weighted by molar-refractivity contribution is -0.139. The second kappa shape index (κ2) is 14.2. The Hall–Kier alpha value is -3.37. The molecule has 42 heavy (non-hydrogen) atoms. The van der Waals surface area contributed by atoms with E-state index in [1.54, 1.807) is 43.3 Å². The second-order valence-electron chi connectivity index (χ2n) is 10.6. The first-order valence-electron chi connectivity index (χ1n) is 14.2. The van der Waals surface area contributed by atoms with E-state index in [0.29, 0.717) is 18.0 Å². The van der Waals surface area contributed by atoms with Gasteiger partial charge in [-0.25, -0.2) is 8.42 Å². The summed E-state index contributed by atoms with van der Waals surface area (Å²) in [5, 5.41) is 3.09. The van der Waals surface area contributed by atoms with Gasteiger partial charge in [0, 0.05) is 17.1 Å². The van der Waals surface area contributed by atoms with Gasteiger partial charge in [-0.2, -0.15) is 0 Å². The molecule has 1 aliphatic carbocycles. The van der Waals surface area contributed by atoms with E-state index in [1.165, 1.54) is 17.0 Å². The van der Waals surface area contributed by atoms with Crippen LogP contribution in [0.15, 0.2) is 82.2 Å². The molecule has 1 fully saturated rings. The van der Waals surface area contributed by atoms with Crippen LogP contribution < -0.4 is 14.4 Å². The number of halogens is 1. The van der Waals surface area contributed by atoms with Crippen molar-refractivity contribution in [2.24, 2.45) is 0 Å². The van der Waals surface area contributed by atoms with Crippen molar-refractivity contribution in [2.75, 3.05) is 17.5 Å². The number of ether oxygens (including phenoxy) is 1. The van der Waals surface area contributed by atoms with Gasteiger partial charge < -0.3 is 15.0 Å². The summed E-state index contributed by atoms with van der Waals surface area (Å²) in [5.74, 6) is -0.142. The van der Waals surface area contributed by atoms with Gasteiger partial charge in [-0.1, -0.05) is 58.6 Å². The highest BCUT2D eigenvalue weighted by molar-refractivity contribution is 9.10. The Morgan fingerprint density at radius 1 is 0.976 bits per heavy atom. The Morgan fingerprint density at radius 2 is 1.60 bits per heavy atom. The van der Waals surface area contributed by atoms with E-state index in [2.05, 4.69) is 21.2 Å². The molecule has 10 heteroatoms. The largest absolute Gasteiger partial charge is 0.494 e. The Balaban J connectivity index is 1.68. The third kappa shape index (κ3) is 7.92. The average Bonchev–Trinajstić information content (AvgIpc) is 3.49. The molecular weight excluding hydrogens is 618 g/mol. The molecule has 3 aromatic rings. The quantitative estimate of drug-likeness (QED) is 0.265. The van der Waals surface area contributed by atoms with E-state index in [1.807, 2.05) is 38.1 Å². The van der Waals surface area contributed by atoms with Crippen LogP contribution in [0.2, 0.25) is 0 Å². The highest BCUT2D eigenvalue weighted by atomic mass is 79.9. The number of anilines is 1. The predicted octanol–water partition coefficient (Wildman–Crippen LogP) is 5.83. The van der Waals surface area contributed by atoms with Crippen molar-refractivity contribution < 1.29 is 22.7 Å². The molecule has 1 atom stereocenters. The van der Waals surface area contributed by atoms with Crippen LogP contribution in [0.5, 0.6) is 5.75 Å². The normalized spacial score (nSPS) is 14.3. The lowest BCUT2D eigenvalue weighted by atomic mass is 10.1. The summed E-state index contributed by atoms with van der Waals surface area (Å²) in [7, 11) is -4.14. The van der Waals surface area contributed by atoms with Gasteiger partial charge in [0.2, 0.25) is 11.8 Å². The van der Waals surface area contributed by atoms with Gasteiger partial charge in [0.05, 0.1) is 17.2 Å². The van der Waals surface area contributed by atoms with Gasteiger partial charge in [-0.05, 0) is 87.7 Å². The van der Waals surface area contributed by atoms with Crippen LogP contribution in [0.25, 0.3) is 0 Å². The first-order valence-corrected chi connectivity index (χ1v) is 16.5. The first kappa shape index (κ1) is 31.6. The second-order valence-corrected chi connectivity index (χ2v) is 13.3. The maximum absolute atomic E-state index is 14.1. The summed E-state index contributed by atoms with van der Waals surface area (Å²) in [6.45, 7) is 5.68. The number of amides is 2. The van der Waals surface area contributed by atoms with Crippen LogP contribution in [0.1, 0.15) is 50.7 Å². The fourth-order valence-electron chi connectivity index (χ4n) is 5.00. The fraction of sp³-hybridized carbons (Fsp3) is 0.375. The van der Waals surface area contributed by atoms with Gasteiger partial charge in [0.25, 0.3) is 10.0 Å². The predicted molar refractivity (Wildman–Crippen MR) is 168 cm³/mol. The molecule has 224 valence electrons. The van der Waals surface area contributed by atoms with Crippen molar-refractivity contribution in [2.45, 2.75) is 70.0 Å². The summed E-state index contributed by atoms with van der Waals surface area (Å²) in [6.07, 6.45) is 3.97. The molecule has 0 unspecified atom stereocenters. The molecule has 1 N–H and O–H groups in total. The Bertz CT molecular complexity index is 1460. The summed E-state index contributed by atoms with van der Waals surface area (Å²) in [5.41, 5.74) is 2.23. The fourth-order valence-corrected chi connectivity index (χ4v) is 6.68. The van der Waals surface area contributed by atoms with Crippen molar-refractivity contribution in [3.8, 4) is 5.75 Å². The Labute approximate surface area is 257 Å². The molecule has 0 heterocycles. The number of rotatable bonds is 12. The van der Waals surface area contributed by atoms with Crippen LogP contribution in [0.3, 0.4) is 0 Å². The third-order valence-electron chi connectivity index (χ3n) is 7.46. The molecule has 0 bridgehead atoms.